The fraction of sp³-hybridized carbons (Fsp3) is 0. The van der Waals surface area contributed by atoms with Gasteiger partial charge in [0.1, 0.15) is 22.8 Å². The maximum absolute atomic E-state index is 13.6. The fourth-order valence-corrected chi connectivity index (χ4v) is 2.66. The highest BCUT2D eigenvalue weighted by molar-refractivity contribution is 6.14. The van der Waals surface area contributed by atoms with E-state index in [1.54, 1.807) is 18.3 Å². The SMILES string of the molecule is NC(=O)c1oc2ccc(F)cc2c1NC(=O)c1ccc(Oc2cccnc2)nc1. The van der Waals surface area contributed by atoms with Gasteiger partial charge in [0.25, 0.3) is 11.8 Å². The maximum Gasteiger partial charge on any atom is 0.286 e. The van der Waals surface area contributed by atoms with Crippen molar-refractivity contribution in [2.45, 2.75) is 0 Å². The highest BCUT2D eigenvalue weighted by Crippen LogP contribution is 2.31. The van der Waals surface area contributed by atoms with Crippen LogP contribution in [-0.2, 0) is 0 Å². The number of nitrogens with zero attached hydrogens (tertiary/aromatic N) is 2. The first-order valence-electron chi connectivity index (χ1n) is 8.38. The number of carbonyl (C=O) groups excluding carboxylic acids is 2. The Kier molecular flexibility index (Phi) is 4.62. The molecule has 4 rings (SSSR count). The second-order valence-corrected chi connectivity index (χ2v) is 5.94. The quantitative estimate of drug-likeness (QED) is 0.536. The lowest BCUT2D eigenvalue weighted by Gasteiger charge is -2.07. The molecule has 3 heterocycles. The minimum Gasteiger partial charge on any atom is -0.449 e. The Morgan fingerprint density at radius 3 is 2.69 bits per heavy atom. The van der Waals surface area contributed by atoms with E-state index in [4.69, 9.17) is 14.9 Å². The van der Waals surface area contributed by atoms with Gasteiger partial charge in [-0.05, 0) is 36.4 Å². The Balaban J connectivity index is 1.59. The molecule has 3 aromatic heterocycles. The molecule has 0 aliphatic rings. The van der Waals surface area contributed by atoms with Gasteiger partial charge in [-0.25, -0.2) is 9.37 Å². The van der Waals surface area contributed by atoms with E-state index in [2.05, 4.69) is 15.3 Å². The van der Waals surface area contributed by atoms with Gasteiger partial charge < -0.3 is 20.2 Å². The molecular formula is C20H13FN4O4. The first kappa shape index (κ1) is 18.1. The molecule has 0 aliphatic carbocycles. The van der Waals surface area contributed by atoms with Crippen molar-refractivity contribution >= 4 is 28.5 Å². The van der Waals surface area contributed by atoms with E-state index in [0.717, 1.165) is 6.07 Å². The van der Waals surface area contributed by atoms with Gasteiger partial charge in [0.2, 0.25) is 11.6 Å². The lowest BCUT2D eigenvalue weighted by molar-refractivity contribution is 0.0977. The van der Waals surface area contributed by atoms with Crippen LogP contribution in [0, 0.1) is 5.82 Å². The number of hydrogen-bond acceptors (Lipinski definition) is 6. The summed E-state index contributed by atoms with van der Waals surface area (Å²) >= 11 is 0. The molecule has 29 heavy (non-hydrogen) atoms. The molecule has 3 N–H and O–H groups in total. The number of ether oxygens (including phenoxy) is 1. The van der Waals surface area contributed by atoms with Crippen molar-refractivity contribution < 1.29 is 23.1 Å². The number of amides is 2. The average Bonchev–Trinajstić information content (AvgIpc) is 3.07. The van der Waals surface area contributed by atoms with E-state index in [1.165, 1.54) is 36.7 Å². The van der Waals surface area contributed by atoms with Crippen molar-refractivity contribution in [2.24, 2.45) is 5.73 Å². The largest absolute Gasteiger partial charge is 0.449 e. The molecular weight excluding hydrogens is 379 g/mol. The van der Waals surface area contributed by atoms with Crippen molar-refractivity contribution in [1.29, 1.82) is 0 Å². The summed E-state index contributed by atoms with van der Waals surface area (Å²) in [4.78, 5) is 32.3. The van der Waals surface area contributed by atoms with E-state index in [0.29, 0.717) is 5.75 Å². The van der Waals surface area contributed by atoms with Crippen LogP contribution in [0.25, 0.3) is 11.0 Å². The molecule has 0 saturated heterocycles. The monoisotopic (exact) mass is 392 g/mol. The van der Waals surface area contributed by atoms with Crippen LogP contribution in [0.3, 0.4) is 0 Å². The molecule has 1 aromatic carbocycles. The first-order chi connectivity index (χ1) is 14.0. The zero-order valence-corrected chi connectivity index (χ0v) is 14.8. The summed E-state index contributed by atoms with van der Waals surface area (Å²) in [7, 11) is 0. The second kappa shape index (κ2) is 7.39. The fourth-order valence-electron chi connectivity index (χ4n) is 2.66. The lowest BCUT2D eigenvalue weighted by atomic mass is 10.2. The van der Waals surface area contributed by atoms with Gasteiger partial charge in [0, 0.05) is 23.8 Å². The van der Waals surface area contributed by atoms with E-state index in [9.17, 15) is 14.0 Å². The Bertz CT molecular complexity index is 1210. The van der Waals surface area contributed by atoms with Gasteiger partial charge in [-0.1, -0.05) is 0 Å². The van der Waals surface area contributed by atoms with Gasteiger partial charge >= 0.3 is 0 Å². The third-order valence-electron chi connectivity index (χ3n) is 3.97. The van der Waals surface area contributed by atoms with Crippen molar-refractivity contribution in [3.05, 3.63) is 78.2 Å². The number of anilines is 1. The smallest absolute Gasteiger partial charge is 0.286 e. The van der Waals surface area contributed by atoms with E-state index in [1.807, 2.05) is 0 Å². The minimum atomic E-state index is -0.893. The molecule has 4 aromatic rings. The van der Waals surface area contributed by atoms with Crippen LogP contribution in [0.15, 0.2) is 65.5 Å². The number of carbonyl (C=O) groups is 2. The number of pyridine rings is 2. The average molecular weight is 392 g/mol. The van der Waals surface area contributed by atoms with Crippen molar-refractivity contribution in [3.63, 3.8) is 0 Å². The molecule has 0 aliphatic heterocycles. The van der Waals surface area contributed by atoms with E-state index < -0.39 is 17.6 Å². The summed E-state index contributed by atoms with van der Waals surface area (Å²) in [5.74, 6) is -1.54. The topological polar surface area (TPSA) is 120 Å². The summed E-state index contributed by atoms with van der Waals surface area (Å²) in [5, 5.41) is 2.76. The molecule has 2 amide bonds. The molecule has 144 valence electrons. The Morgan fingerprint density at radius 1 is 1.14 bits per heavy atom. The standard InChI is InChI=1S/C20H13FN4O4/c21-12-4-5-15-14(8-12)17(18(29-15)19(22)26)25-20(27)11-3-6-16(24-9-11)28-13-2-1-7-23-10-13/h1-10H,(H2,22,26)(H,25,27). The van der Waals surface area contributed by atoms with E-state index >= 15 is 0 Å². The van der Waals surface area contributed by atoms with Crippen molar-refractivity contribution in [3.8, 4) is 11.6 Å². The van der Waals surface area contributed by atoms with Crippen molar-refractivity contribution in [2.75, 3.05) is 5.32 Å². The number of rotatable bonds is 5. The maximum atomic E-state index is 13.6. The predicted molar refractivity (Wildman–Crippen MR) is 101 cm³/mol. The molecule has 9 heteroatoms. The van der Waals surface area contributed by atoms with Crippen LogP contribution in [0.1, 0.15) is 20.9 Å². The van der Waals surface area contributed by atoms with Gasteiger partial charge in [-0.2, -0.15) is 0 Å². The number of nitrogens with two attached hydrogens (primary N) is 1. The molecule has 0 saturated carbocycles. The molecule has 0 unspecified atom stereocenters. The number of nitrogens with one attached hydrogen (secondary N) is 1. The molecule has 0 radical (unpaired) electrons. The van der Waals surface area contributed by atoms with Crippen LogP contribution >= 0.6 is 0 Å². The highest BCUT2D eigenvalue weighted by atomic mass is 19.1. The lowest BCUT2D eigenvalue weighted by Crippen LogP contribution is -2.17. The zero-order valence-electron chi connectivity index (χ0n) is 14.8. The Morgan fingerprint density at radius 2 is 2.00 bits per heavy atom. The third-order valence-corrected chi connectivity index (χ3v) is 3.97. The van der Waals surface area contributed by atoms with Gasteiger partial charge in [-0.15, -0.1) is 0 Å². The van der Waals surface area contributed by atoms with Crippen LogP contribution in [0.2, 0.25) is 0 Å². The minimum absolute atomic E-state index is 0.00677. The normalized spacial score (nSPS) is 10.7. The second-order valence-electron chi connectivity index (χ2n) is 5.94. The zero-order chi connectivity index (χ0) is 20.4. The van der Waals surface area contributed by atoms with Gasteiger partial charge in [0.05, 0.1) is 11.8 Å². The molecule has 0 bridgehead atoms. The summed E-state index contributed by atoms with van der Waals surface area (Å²) in [6.07, 6.45) is 4.43. The van der Waals surface area contributed by atoms with Crippen LogP contribution in [-0.4, -0.2) is 21.8 Å². The van der Waals surface area contributed by atoms with E-state index in [-0.39, 0.29) is 33.9 Å². The van der Waals surface area contributed by atoms with Crippen LogP contribution in [0.4, 0.5) is 10.1 Å². The number of primary amides is 1. The number of aromatic nitrogens is 2. The summed E-state index contributed by atoms with van der Waals surface area (Å²) in [6, 6.07) is 10.1. The third kappa shape index (κ3) is 3.74. The molecule has 0 fully saturated rings. The Labute approximate surface area is 163 Å². The van der Waals surface area contributed by atoms with Gasteiger partial charge in [0.15, 0.2) is 0 Å². The Hall–Kier alpha value is -4.27. The van der Waals surface area contributed by atoms with Crippen LogP contribution in [0.5, 0.6) is 11.6 Å². The predicted octanol–water partition coefficient (Wildman–Crippen LogP) is 3.51. The number of benzene rings is 1. The first-order valence-corrected chi connectivity index (χ1v) is 8.38. The molecule has 0 atom stereocenters. The summed E-state index contributed by atoms with van der Waals surface area (Å²) in [6.45, 7) is 0. The van der Waals surface area contributed by atoms with Crippen molar-refractivity contribution in [1.82, 2.24) is 9.97 Å². The number of hydrogen-bond donors (Lipinski definition) is 2. The molecule has 8 nitrogen and oxygen atoms in total. The van der Waals surface area contributed by atoms with Crippen LogP contribution < -0.4 is 15.8 Å². The van der Waals surface area contributed by atoms with Gasteiger partial charge in [-0.3, -0.25) is 14.6 Å². The number of halogens is 1. The summed E-state index contributed by atoms with van der Waals surface area (Å²) < 4.78 is 24.5. The number of furan rings is 1. The molecule has 0 spiro atoms. The number of fused-ring (bicyclic) bond motifs is 1. The highest BCUT2D eigenvalue weighted by Gasteiger charge is 2.21. The summed E-state index contributed by atoms with van der Waals surface area (Å²) in [5.41, 5.74) is 5.71.